The van der Waals surface area contributed by atoms with Crippen LogP contribution in [0, 0.1) is 12.8 Å². The Balaban J connectivity index is 1.27. The fourth-order valence-electron chi connectivity index (χ4n) is 4.26. The number of piperazine rings is 1. The first-order chi connectivity index (χ1) is 14.6. The lowest BCUT2D eigenvalue weighted by Crippen LogP contribution is -2.46. The van der Waals surface area contributed by atoms with Crippen molar-refractivity contribution >= 4 is 11.4 Å². The Labute approximate surface area is 178 Å². The molecule has 0 spiro atoms. The van der Waals surface area contributed by atoms with Gasteiger partial charge in [-0.05, 0) is 50.8 Å². The summed E-state index contributed by atoms with van der Waals surface area (Å²) >= 11 is 0. The first-order valence-corrected chi connectivity index (χ1v) is 11.0. The predicted octanol–water partition coefficient (Wildman–Crippen LogP) is 3.25. The Morgan fingerprint density at radius 2 is 1.77 bits per heavy atom. The molecule has 0 atom stereocenters. The van der Waals surface area contributed by atoms with E-state index in [0.717, 1.165) is 62.7 Å². The highest BCUT2D eigenvalue weighted by molar-refractivity contribution is 5.64. The third-order valence-corrected chi connectivity index (χ3v) is 6.36. The van der Waals surface area contributed by atoms with Crippen molar-refractivity contribution in [2.24, 2.45) is 5.92 Å². The van der Waals surface area contributed by atoms with Crippen molar-refractivity contribution in [1.82, 2.24) is 9.47 Å². The van der Waals surface area contributed by atoms with Crippen LogP contribution in [0.2, 0.25) is 0 Å². The van der Waals surface area contributed by atoms with Crippen LogP contribution in [0.4, 0.5) is 11.4 Å². The highest BCUT2D eigenvalue weighted by Gasteiger charge is 2.25. The molecule has 2 fully saturated rings. The Morgan fingerprint density at radius 3 is 2.47 bits per heavy atom. The average molecular weight is 415 g/mol. The highest BCUT2D eigenvalue weighted by atomic mass is 16.5. The zero-order chi connectivity index (χ0) is 21.1. The normalized spacial score (nSPS) is 17.3. The van der Waals surface area contributed by atoms with Crippen molar-refractivity contribution in [3.63, 3.8) is 0 Å². The number of ether oxygens (including phenoxy) is 1. The van der Waals surface area contributed by atoms with Gasteiger partial charge in [0.15, 0.2) is 5.88 Å². The number of methoxy groups -OCH3 is 1. The molecule has 1 saturated carbocycles. The van der Waals surface area contributed by atoms with Crippen LogP contribution in [0.1, 0.15) is 24.8 Å². The summed E-state index contributed by atoms with van der Waals surface area (Å²) in [5.41, 5.74) is 2.58. The number of aromatic hydroxyl groups is 2. The van der Waals surface area contributed by atoms with Gasteiger partial charge in [-0.3, -0.25) is 9.47 Å². The molecular formula is C23H34N4O3. The summed E-state index contributed by atoms with van der Waals surface area (Å²) in [6.07, 6.45) is 3.39. The fourth-order valence-corrected chi connectivity index (χ4v) is 4.26. The number of hydrogen-bond donors (Lipinski definition) is 3. The van der Waals surface area contributed by atoms with Gasteiger partial charge in [-0.2, -0.15) is 0 Å². The van der Waals surface area contributed by atoms with E-state index < -0.39 is 0 Å². The second-order valence-electron chi connectivity index (χ2n) is 8.48. The molecule has 0 bridgehead atoms. The third kappa shape index (κ3) is 4.46. The second kappa shape index (κ2) is 9.08. The maximum absolute atomic E-state index is 10.6. The standard InChI is InChI=1S/C23H34N4O3/c1-17-21(24-16-18-8-9-18)23(29)27(22(17)28)11-5-10-25-12-14-26(15-13-25)19-6-3-4-7-20(19)30-2/h3-4,6-7,18,24,28-29H,5,8-16H2,1-2H3. The number of hydrogen-bond acceptors (Lipinski definition) is 6. The number of para-hydroxylation sites is 2. The van der Waals surface area contributed by atoms with E-state index in [9.17, 15) is 10.2 Å². The number of nitrogens with zero attached hydrogens (tertiary/aromatic N) is 3. The molecule has 1 aliphatic carbocycles. The van der Waals surface area contributed by atoms with E-state index in [1.54, 1.807) is 11.7 Å². The van der Waals surface area contributed by atoms with E-state index in [0.29, 0.717) is 18.2 Å². The number of nitrogens with one attached hydrogen (secondary N) is 1. The van der Waals surface area contributed by atoms with Crippen molar-refractivity contribution in [2.45, 2.75) is 32.7 Å². The number of benzene rings is 1. The van der Waals surface area contributed by atoms with Gasteiger partial charge in [-0.25, -0.2) is 0 Å². The lowest BCUT2D eigenvalue weighted by molar-refractivity contribution is 0.246. The highest BCUT2D eigenvalue weighted by Crippen LogP contribution is 2.39. The molecule has 1 aliphatic heterocycles. The van der Waals surface area contributed by atoms with E-state index >= 15 is 0 Å². The first kappa shape index (κ1) is 20.7. The van der Waals surface area contributed by atoms with Crippen LogP contribution >= 0.6 is 0 Å². The molecule has 2 heterocycles. The number of anilines is 2. The molecule has 0 amide bonds. The maximum Gasteiger partial charge on any atom is 0.218 e. The van der Waals surface area contributed by atoms with Gasteiger partial charge in [0, 0.05) is 44.8 Å². The van der Waals surface area contributed by atoms with Gasteiger partial charge in [0.2, 0.25) is 5.88 Å². The number of aromatic nitrogens is 1. The molecule has 0 unspecified atom stereocenters. The maximum atomic E-state index is 10.6. The van der Waals surface area contributed by atoms with Crippen LogP contribution in [0.25, 0.3) is 0 Å². The van der Waals surface area contributed by atoms with Gasteiger partial charge in [0.05, 0.1) is 12.8 Å². The summed E-state index contributed by atoms with van der Waals surface area (Å²) in [6.45, 7) is 8.20. The molecule has 2 aliphatic rings. The van der Waals surface area contributed by atoms with Crippen molar-refractivity contribution in [3.8, 4) is 17.5 Å². The van der Waals surface area contributed by atoms with Crippen LogP contribution in [0.15, 0.2) is 24.3 Å². The average Bonchev–Trinajstić information content (AvgIpc) is 3.58. The number of rotatable bonds is 9. The second-order valence-corrected chi connectivity index (χ2v) is 8.48. The molecule has 1 saturated heterocycles. The zero-order valence-corrected chi connectivity index (χ0v) is 18.1. The van der Waals surface area contributed by atoms with Gasteiger partial charge >= 0.3 is 0 Å². The molecule has 7 heteroatoms. The van der Waals surface area contributed by atoms with Gasteiger partial charge in [-0.1, -0.05) is 12.1 Å². The lowest BCUT2D eigenvalue weighted by atomic mass is 10.2. The summed E-state index contributed by atoms with van der Waals surface area (Å²) in [4.78, 5) is 4.82. The lowest BCUT2D eigenvalue weighted by Gasteiger charge is -2.36. The molecule has 7 nitrogen and oxygen atoms in total. The topological polar surface area (TPSA) is 73.1 Å². The van der Waals surface area contributed by atoms with Crippen LogP contribution in [0.5, 0.6) is 17.5 Å². The first-order valence-electron chi connectivity index (χ1n) is 11.0. The SMILES string of the molecule is COc1ccccc1N1CCN(CCCn2c(O)c(C)c(NCC3CC3)c2O)CC1. The Kier molecular flexibility index (Phi) is 6.27. The monoisotopic (exact) mass is 414 g/mol. The summed E-state index contributed by atoms with van der Waals surface area (Å²) in [5.74, 6) is 1.97. The smallest absolute Gasteiger partial charge is 0.218 e. The molecule has 3 N–H and O–H groups in total. The van der Waals surface area contributed by atoms with Crippen molar-refractivity contribution < 1.29 is 14.9 Å². The van der Waals surface area contributed by atoms with Gasteiger partial charge in [0.1, 0.15) is 11.4 Å². The van der Waals surface area contributed by atoms with Crippen LogP contribution in [-0.2, 0) is 6.54 Å². The third-order valence-electron chi connectivity index (χ3n) is 6.36. The van der Waals surface area contributed by atoms with Crippen molar-refractivity contribution in [3.05, 3.63) is 29.8 Å². The van der Waals surface area contributed by atoms with Gasteiger partial charge in [0.25, 0.3) is 0 Å². The summed E-state index contributed by atoms with van der Waals surface area (Å²) in [7, 11) is 1.72. The molecule has 164 valence electrons. The Bertz CT molecular complexity index is 854. The zero-order valence-electron chi connectivity index (χ0n) is 18.1. The molecule has 4 rings (SSSR count). The van der Waals surface area contributed by atoms with E-state index in [-0.39, 0.29) is 11.8 Å². The predicted molar refractivity (Wildman–Crippen MR) is 120 cm³/mol. The molecule has 1 aromatic heterocycles. The quantitative estimate of drug-likeness (QED) is 0.585. The minimum atomic E-state index is 0.159. The minimum absolute atomic E-state index is 0.159. The minimum Gasteiger partial charge on any atom is -0.495 e. The molecule has 30 heavy (non-hydrogen) atoms. The van der Waals surface area contributed by atoms with E-state index in [4.69, 9.17) is 4.74 Å². The van der Waals surface area contributed by atoms with E-state index in [1.807, 2.05) is 19.1 Å². The van der Waals surface area contributed by atoms with Crippen molar-refractivity contribution in [2.75, 3.05) is 56.6 Å². The Hall–Kier alpha value is -2.54. The van der Waals surface area contributed by atoms with Crippen molar-refractivity contribution in [1.29, 1.82) is 0 Å². The van der Waals surface area contributed by atoms with Crippen LogP contribution in [0.3, 0.4) is 0 Å². The van der Waals surface area contributed by atoms with E-state index in [2.05, 4.69) is 27.2 Å². The van der Waals surface area contributed by atoms with Crippen LogP contribution in [-0.4, -0.2) is 66.1 Å². The van der Waals surface area contributed by atoms with Crippen LogP contribution < -0.4 is 15.0 Å². The largest absolute Gasteiger partial charge is 0.495 e. The van der Waals surface area contributed by atoms with Gasteiger partial charge < -0.3 is 25.2 Å². The molecule has 1 aromatic carbocycles. The fraction of sp³-hybridized carbons (Fsp3) is 0.565. The van der Waals surface area contributed by atoms with E-state index in [1.165, 1.54) is 12.8 Å². The molecule has 0 radical (unpaired) electrons. The molecule has 2 aromatic rings. The summed E-state index contributed by atoms with van der Waals surface area (Å²) in [5, 5.41) is 24.4. The Morgan fingerprint density at radius 1 is 1.03 bits per heavy atom. The summed E-state index contributed by atoms with van der Waals surface area (Å²) in [6, 6.07) is 8.17. The molecular weight excluding hydrogens is 380 g/mol. The summed E-state index contributed by atoms with van der Waals surface area (Å²) < 4.78 is 7.13. The van der Waals surface area contributed by atoms with Gasteiger partial charge in [-0.15, -0.1) is 0 Å².